The lowest BCUT2D eigenvalue weighted by Crippen LogP contribution is -2.49. The molecule has 0 spiro atoms. The molecule has 0 unspecified atom stereocenters. The molecule has 212 valence electrons. The molecule has 1 aliphatic rings. The van der Waals surface area contributed by atoms with Crippen molar-refractivity contribution in [1.29, 1.82) is 0 Å². The molecule has 7 nitrogen and oxygen atoms in total. The maximum Gasteiger partial charge on any atom is 0.251 e. The van der Waals surface area contributed by atoms with Crippen LogP contribution in [-0.2, 0) is 4.79 Å². The number of rotatable bonds is 11. The molecule has 2 heterocycles. The molecule has 0 aliphatic carbocycles. The van der Waals surface area contributed by atoms with E-state index < -0.39 is 0 Å². The lowest BCUT2D eigenvalue weighted by atomic mass is 9.90. The first kappa shape index (κ1) is 28.3. The van der Waals surface area contributed by atoms with Gasteiger partial charge in [-0.15, -0.1) is 0 Å². The minimum Gasteiger partial charge on any atom is -0.350 e. The number of nitrogens with zero attached hydrogens (tertiary/aromatic N) is 2. The van der Waals surface area contributed by atoms with Gasteiger partial charge in [-0.1, -0.05) is 60.7 Å². The Morgan fingerprint density at radius 3 is 2.15 bits per heavy atom. The number of aromatic nitrogens is 1. The van der Waals surface area contributed by atoms with Crippen LogP contribution in [0.2, 0.25) is 0 Å². The van der Waals surface area contributed by atoms with Gasteiger partial charge in [0.15, 0.2) is 0 Å². The van der Waals surface area contributed by atoms with Crippen molar-refractivity contribution >= 4 is 11.8 Å². The third-order valence-electron chi connectivity index (χ3n) is 7.84. The molecule has 4 aromatic rings. The Balaban J connectivity index is 1.27. The van der Waals surface area contributed by atoms with Gasteiger partial charge in [-0.05, 0) is 73.3 Å². The van der Waals surface area contributed by atoms with Gasteiger partial charge in [0.05, 0.1) is 6.04 Å². The fraction of sp³-hybridized carbons (Fsp3) is 0.294. The summed E-state index contributed by atoms with van der Waals surface area (Å²) in [6.45, 7) is 2.19. The van der Waals surface area contributed by atoms with Crippen molar-refractivity contribution in [3.63, 3.8) is 0 Å². The average molecular weight is 550 g/mol. The highest BCUT2D eigenvalue weighted by Gasteiger charge is 2.32. The van der Waals surface area contributed by atoms with Crippen LogP contribution in [0.15, 0.2) is 109 Å². The van der Waals surface area contributed by atoms with Crippen molar-refractivity contribution in [3.8, 4) is 5.69 Å². The second kappa shape index (κ2) is 13.9. The van der Waals surface area contributed by atoms with E-state index in [4.69, 9.17) is 5.73 Å². The van der Waals surface area contributed by atoms with Crippen LogP contribution < -0.4 is 16.4 Å². The first-order chi connectivity index (χ1) is 20.1. The normalized spacial score (nSPS) is 17.4. The van der Waals surface area contributed by atoms with E-state index in [9.17, 15) is 9.59 Å². The Morgan fingerprint density at radius 2 is 1.54 bits per heavy atom. The van der Waals surface area contributed by atoms with Crippen LogP contribution in [0.4, 0.5) is 0 Å². The second-order valence-electron chi connectivity index (χ2n) is 10.6. The summed E-state index contributed by atoms with van der Waals surface area (Å²) in [4.78, 5) is 28.8. The van der Waals surface area contributed by atoms with E-state index in [-0.39, 0.29) is 29.8 Å². The summed E-state index contributed by atoms with van der Waals surface area (Å²) in [5.41, 5.74) is 9.82. The van der Waals surface area contributed by atoms with E-state index in [0.717, 1.165) is 18.5 Å². The monoisotopic (exact) mass is 549 g/mol. The van der Waals surface area contributed by atoms with E-state index >= 15 is 0 Å². The lowest BCUT2D eigenvalue weighted by Gasteiger charge is -2.29. The molecule has 0 saturated carbocycles. The number of hydrogen-bond acceptors (Lipinski definition) is 4. The van der Waals surface area contributed by atoms with E-state index in [1.165, 1.54) is 11.1 Å². The molecule has 4 N–H and O–H groups in total. The number of hydrogen-bond donors (Lipinski definition) is 3. The molecule has 1 aliphatic heterocycles. The lowest BCUT2D eigenvalue weighted by molar-refractivity contribution is -0.133. The molecule has 41 heavy (non-hydrogen) atoms. The number of amides is 2. The molecule has 2 atom stereocenters. The van der Waals surface area contributed by atoms with Gasteiger partial charge in [0.2, 0.25) is 5.91 Å². The van der Waals surface area contributed by atoms with Gasteiger partial charge in [0.1, 0.15) is 0 Å². The van der Waals surface area contributed by atoms with Gasteiger partial charge in [0.25, 0.3) is 5.91 Å². The molecule has 1 saturated heterocycles. The van der Waals surface area contributed by atoms with E-state index in [2.05, 4.69) is 34.9 Å². The van der Waals surface area contributed by atoms with Crippen LogP contribution in [0.5, 0.6) is 0 Å². The summed E-state index contributed by atoms with van der Waals surface area (Å²) >= 11 is 0. The maximum absolute atomic E-state index is 13.8. The molecule has 3 aromatic carbocycles. The number of carbonyl (C=O) groups excluding carboxylic acids is 2. The summed E-state index contributed by atoms with van der Waals surface area (Å²) in [6.07, 6.45) is 6.11. The van der Waals surface area contributed by atoms with Crippen LogP contribution in [0.25, 0.3) is 5.69 Å². The van der Waals surface area contributed by atoms with Crippen molar-refractivity contribution in [1.82, 2.24) is 20.1 Å². The zero-order chi connectivity index (χ0) is 28.4. The van der Waals surface area contributed by atoms with Crippen molar-refractivity contribution in [2.24, 2.45) is 5.73 Å². The largest absolute Gasteiger partial charge is 0.350 e. The molecule has 7 heteroatoms. The smallest absolute Gasteiger partial charge is 0.251 e. The van der Waals surface area contributed by atoms with Crippen molar-refractivity contribution in [2.75, 3.05) is 26.2 Å². The summed E-state index contributed by atoms with van der Waals surface area (Å²) < 4.78 is 2.00. The molecular formula is C34H39N5O2. The molecule has 0 bridgehead atoms. The minimum atomic E-state index is -0.337. The van der Waals surface area contributed by atoms with Crippen molar-refractivity contribution in [3.05, 3.63) is 126 Å². The van der Waals surface area contributed by atoms with Gasteiger partial charge < -0.3 is 25.8 Å². The molecular weight excluding hydrogens is 510 g/mol. The number of benzene rings is 3. The standard InChI is InChI=1S/C34H39N5O2/c35-20-9-14-32-34(41)39(25-31(26-10-3-1-4-11-26)27-12-5-2-6-13-27)23-19-29(37-32)24-36-33(40)28-15-17-30(18-16-28)38-21-7-8-22-38/h1-8,10-13,15-18,21-22,29,31-32,37H,9,14,19-20,23-25,35H2,(H,36,40)/t29-,32-/m0/s1. The van der Waals surface area contributed by atoms with E-state index in [1.54, 1.807) is 0 Å². The second-order valence-corrected chi connectivity index (χ2v) is 10.6. The number of nitrogens with two attached hydrogens (primary N) is 1. The van der Waals surface area contributed by atoms with Gasteiger partial charge >= 0.3 is 0 Å². The highest BCUT2D eigenvalue weighted by molar-refractivity contribution is 5.94. The van der Waals surface area contributed by atoms with Gasteiger partial charge in [-0.2, -0.15) is 0 Å². The van der Waals surface area contributed by atoms with E-state index in [0.29, 0.717) is 38.2 Å². The van der Waals surface area contributed by atoms with Crippen LogP contribution in [0.1, 0.15) is 46.7 Å². The minimum absolute atomic E-state index is 0.0262. The Hall–Kier alpha value is -4.20. The zero-order valence-electron chi connectivity index (χ0n) is 23.4. The van der Waals surface area contributed by atoms with Crippen molar-refractivity contribution < 1.29 is 9.59 Å². The highest BCUT2D eigenvalue weighted by atomic mass is 16.2. The third-order valence-corrected chi connectivity index (χ3v) is 7.84. The van der Waals surface area contributed by atoms with Crippen LogP contribution >= 0.6 is 0 Å². The zero-order valence-corrected chi connectivity index (χ0v) is 23.4. The van der Waals surface area contributed by atoms with Gasteiger partial charge in [-0.25, -0.2) is 0 Å². The Morgan fingerprint density at radius 1 is 0.902 bits per heavy atom. The van der Waals surface area contributed by atoms with Gasteiger partial charge in [0, 0.05) is 55.2 Å². The van der Waals surface area contributed by atoms with Crippen LogP contribution in [0.3, 0.4) is 0 Å². The first-order valence-electron chi connectivity index (χ1n) is 14.5. The summed E-state index contributed by atoms with van der Waals surface area (Å²) in [5, 5.41) is 6.64. The van der Waals surface area contributed by atoms with E-state index in [1.807, 2.05) is 94.7 Å². The molecule has 2 amide bonds. The highest BCUT2D eigenvalue weighted by Crippen LogP contribution is 2.27. The maximum atomic E-state index is 13.8. The number of nitrogens with one attached hydrogen (secondary N) is 2. The third kappa shape index (κ3) is 7.31. The fourth-order valence-electron chi connectivity index (χ4n) is 5.56. The molecule has 1 fully saturated rings. The fourth-order valence-corrected chi connectivity index (χ4v) is 5.56. The molecule has 5 rings (SSSR count). The average Bonchev–Trinajstić information content (AvgIpc) is 3.52. The van der Waals surface area contributed by atoms with Crippen molar-refractivity contribution in [2.45, 2.75) is 37.3 Å². The van der Waals surface area contributed by atoms with Crippen LogP contribution in [-0.4, -0.2) is 59.5 Å². The summed E-state index contributed by atoms with van der Waals surface area (Å²) in [7, 11) is 0. The predicted molar refractivity (Wildman–Crippen MR) is 163 cm³/mol. The first-order valence-corrected chi connectivity index (χ1v) is 14.5. The molecule has 1 aromatic heterocycles. The quantitative estimate of drug-likeness (QED) is 0.260. The predicted octanol–water partition coefficient (Wildman–Crippen LogP) is 4.34. The summed E-state index contributed by atoms with van der Waals surface area (Å²) in [5.74, 6) is 0.0528. The topological polar surface area (TPSA) is 92.4 Å². The number of carbonyl (C=O) groups is 2. The molecule has 0 radical (unpaired) electrons. The SMILES string of the molecule is NCCC[C@@H]1N[C@H](CNC(=O)c2ccc(-n3cccc3)cc2)CCN(CC(c2ccccc2)c2ccccc2)C1=O. The van der Waals surface area contributed by atoms with Gasteiger partial charge in [-0.3, -0.25) is 9.59 Å². The Kier molecular flexibility index (Phi) is 9.62. The Labute approximate surface area is 242 Å². The summed E-state index contributed by atoms with van der Waals surface area (Å²) in [6, 6.07) is 31.9. The van der Waals surface area contributed by atoms with Crippen LogP contribution in [0, 0.1) is 0 Å². The Bertz CT molecular complexity index is 1330.